The lowest BCUT2D eigenvalue weighted by Crippen LogP contribution is -2.32. The monoisotopic (exact) mass is 181 g/mol. The molecule has 0 saturated heterocycles. The van der Waals surface area contributed by atoms with E-state index in [1.54, 1.807) is 0 Å². The van der Waals surface area contributed by atoms with E-state index in [0.717, 1.165) is 0 Å². The van der Waals surface area contributed by atoms with Gasteiger partial charge in [0.1, 0.15) is 13.2 Å². The normalized spacial score (nSPS) is 9.83. The fourth-order valence-electron chi connectivity index (χ4n) is 0.395. The number of aliphatic hydroxyl groups excluding tert-OH is 2. The minimum atomic E-state index is -1.45. The van der Waals surface area contributed by atoms with Gasteiger partial charge in [0.15, 0.2) is 0 Å². The van der Waals surface area contributed by atoms with Crippen LogP contribution in [0.2, 0.25) is 0 Å². The standard InChI is InChI=1S/C5H11NO6/c7-1-3-11-6(5(9)10)12-4-2-8/h7-8H,1-4H2,(H,9,10). The van der Waals surface area contributed by atoms with Crippen LogP contribution < -0.4 is 0 Å². The van der Waals surface area contributed by atoms with Gasteiger partial charge in [0.2, 0.25) is 0 Å². The van der Waals surface area contributed by atoms with Crippen LogP contribution in [0, 0.1) is 0 Å². The molecule has 0 atom stereocenters. The molecular formula is C5H11NO6. The Morgan fingerprint density at radius 3 is 1.83 bits per heavy atom. The highest BCUT2D eigenvalue weighted by Crippen LogP contribution is 1.92. The predicted molar refractivity (Wildman–Crippen MR) is 35.9 cm³/mol. The number of hydrogen-bond acceptors (Lipinski definition) is 5. The van der Waals surface area contributed by atoms with Crippen LogP contribution in [0.3, 0.4) is 0 Å². The highest BCUT2D eigenvalue weighted by Gasteiger charge is 2.12. The zero-order valence-electron chi connectivity index (χ0n) is 6.34. The number of aliphatic hydroxyl groups is 2. The van der Waals surface area contributed by atoms with E-state index in [-0.39, 0.29) is 31.7 Å². The van der Waals surface area contributed by atoms with Gasteiger partial charge in [-0.25, -0.2) is 14.5 Å². The van der Waals surface area contributed by atoms with E-state index >= 15 is 0 Å². The highest BCUT2D eigenvalue weighted by atomic mass is 17.0. The molecule has 0 aromatic carbocycles. The maximum Gasteiger partial charge on any atom is 0.457 e. The van der Waals surface area contributed by atoms with Gasteiger partial charge in [-0.05, 0) is 5.23 Å². The van der Waals surface area contributed by atoms with Crippen LogP contribution in [0.1, 0.15) is 0 Å². The lowest BCUT2D eigenvalue weighted by atomic mass is 10.8. The lowest BCUT2D eigenvalue weighted by molar-refractivity contribution is -0.337. The fourth-order valence-corrected chi connectivity index (χ4v) is 0.395. The molecule has 0 fully saturated rings. The molecule has 0 aromatic rings. The van der Waals surface area contributed by atoms with Crippen molar-refractivity contribution in [3.8, 4) is 0 Å². The van der Waals surface area contributed by atoms with E-state index in [4.69, 9.17) is 15.3 Å². The van der Waals surface area contributed by atoms with Gasteiger partial charge in [-0.2, -0.15) is 0 Å². The van der Waals surface area contributed by atoms with Crippen LogP contribution in [-0.2, 0) is 9.68 Å². The Hall–Kier alpha value is -0.890. The first-order chi connectivity index (χ1) is 5.72. The molecule has 0 bridgehead atoms. The molecule has 0 aliphatic rings. The van der Waals surface area contributed by atoms with E-state index in [0.29, 0.717) is 0 Å². The second kappa shape index (κ2) is 6.80. The first kappa shape index (κ1) is 11.1. The number of carbonyl (C=O) groups is 1. The van der Waals surface area contributed by atoms with E-state index in [1.165, 1.54) is 0 Å². The molecule has 7 heteroatoms. The molecule has 0 heterocycles. The number of carboxylic acid groups (broad SMARTS) is 1. The summed E-state index contributed by atoms with van der Waals surface area (Å²) < 4.78 is 0. The molecule has 0 radical (unpaired) electrons. The van der Waals surface area contributed by atoms with Crippen molar-refractivity contribution in [1.82, 2.24) is 5.23 Å². The molecule has 0 aliphatic heterocycles. The molecule has 72 valence electrons. The Kier molecular flexibility index (Phi) is 6.29. The first-order valence-corrected chi connectivity index (χ1v) is 3.23. The largest absolute Gasteiger partial charge is 0.462 e. The van der Waals surface area contributed by atoms with Crippen molar-refractivity contribution in [1.29, 1.82) is 0 Å². The summed E-state index contributed by atoms with van der Waals surface area (Å²) in [5.41, 5.74) is 0. The summed E-state index contributed by atoms with van der Waals surface area (Å²) in [4.78, 5) is 19.0. The third-order valence-corrected chi connectivity index (χ3v) is 0.756. The second-order valence-electron chi connectivity index (χ2n) is 1.65. The van der Waals surface area contributed by atoms with Crippen molar-refractivity contribution in [2.24, 2.45) is 0 Å². The van der Waals surface area contributed by atoms with Crippen molar-refractivity contribution in [2.75, 3.05) is 26.4 Å². The smallest absolute Gasteiger partial charge is 0.457 e. The molecule has 12 heavy (non-hydrogen) atoms. The third-order valence-electron chi connectivity index (χ3n) is 0.756. The fraction of sp³-hybridized carbons (Fsp3) is 0.800. The Bertz CT molecular complexity index is 121. The zero-order chi connectivity index (χ0) is 9.40. The molecule has 0 saturated carbocycles. The summed E-state index contributed by atoms with van der Waals surface area (Å²) in [6.45, 7) is -0.992. The van der Waals surface area contributed by atoms with E-state index in [9.17, 15) is 4.79 Å². The van der Waals surface area contributed by atoms with Crippen LogP contribution in [-0.4, -0.2) is 53.1 Å². The van der Waals surface area contributed by atoms with Gasteiger partial charge >= 0.3 is 6.09 Å². The predicted octanol–water partition coefficient (Wildman–Crippen LogP) is -1.19. The average molecular weight is 181 g/mol. The van der Waals surface area contributed by atoms with Gasteiger partial charge < -0.3 is 15.3 Å². The number of rotatable bonds is 6. The lowest BCUT2D eigenvalue weighted by Gasteiger charge is -2.15. The Labute approximate surface area is 68.6 Å². The van der Waals surface area contributed by atoms with Gasteiger partial charge in [-0.15, -0.1) is 0 Å². The third kappa shape index (κ3) is 4.85. The molecule has 1 amide bonds. The van der Waals surface area contributed by atoms with Crippen molar-refractivity contribution in [2.45, 2.75) is 0 Å². The van der Waals surface area contributed by atoms with Crippen LogP contribution in [0.15, 0.2) is 0 Å². The molecule has 7 nitrogen and oxygen atoms in total. The maximum atomic E-state index is 10.2. The molecule has 0 aromatic heterocycles. The first-order valence-electron chi connectivity index (χ1n) is 3.23. The zero-order valence-corrected chi connectivity index (χ0v) is 6.34. The number of hydroxylamine groups is 2. The van der Waals surface area contributed by atoms with Crippen LogP contribution in [0.5, 0.6) is 0 Å². The van der Waals surface area contributed by atoms with Crippen molar-refractivity contribution in [3.63, 3.8) is 0 Å². The molecule has 0 aliphatic carbocycles. The summed E-state index contributed by atoms with van der Waals surface area (Å²) in [5, 5.41) is 25.1. The van der Waals surface area contributed by atoms with Gasteiger partial charge in [-0.1, -0.05) is 0 Å². The summed E-state index contributed by atoms with van der Waals surface area (Å²) in [6, 6.07) is 0. The number of hydrogen-bond donors (Lipinski definition) is 3. The van der Waals surface area contributed by atoms with Gasteiger partial charge in [0.05, 0.1) is 13.2 Å². The van der Waals surface area contributed by atoms with E-state index in [2.05, 4.69) is 9.68 Å². The van der Waals surface area contributed by atoms with Crippen molar-refractivity contribution < 1.29 is 29.8 Å². The Morgan fingerprint density at radius 2 is 1.58 bits per heavy atom. The van der Waals surface area contributed by atoms with Crippen LogP contribution in [0.25, 0.3) is 0 Å². The SMILES string of the molecule is O=C(O)N(OCCO)OCCO. The topological polar surface area (TPSA) is 99.5 Å². The van der Waals surface area contributed by atoms with Gasteiger partial charge in [0.25, 0.3) is 0 Å². The number of nitrogens with zero attached hydrogens (tertiary/aromatic N) is 1. The van der Waals surface area contributed by atoms with Crippen molar-refractivity contribution >= 4 is 6.09 Å². The average Bonchev–Trinajstić information content (AvgIpc) is 2.04. The molecule has 3 N–H and O–H groups in total. The molecule has 0 unspecified atom stereocenters. The van der Waals surface area contributed by atoms with Gasteiger partial charge in [0, 0.05) is 0 Å². The molecule has 0 rings (SSSR count). The Balaban J connectivity index is 3.62. The van der Waals surface area contributed by atoms with Gasteiger partial charge in [-0.3, -0.25) is 0 Å². The maximum absolute atomic E-state index is 10.2. The quantitative estimate of drug-likeness (QED) is 0.446. The van der Waals surface area contributed by atoms with E-state index < -0.39 is 6.09 Å². The summed E-state index contributed by atoms with van der Waals surface area (Å²) in [6.07, 6.45) is -1.45. The summed E-state index contributed by atoms with van der Waals surface area (Å²) in [5.74, 6) is 0. The highest BCUT2D eigenvalue weighted by molar-refractivity contribution is 5.62. The van der Waals surface area contributed by atoms with E-state index in [1.807, 2.05) is 0 Å². The number of amides is 1. The van der Waals surface area contributed by atoms with Crippen LogP contribution >= 0.6 is 0 Å². The minimum Gasteiger partial charge on any atom is -0.462 e. The van der Waals surface area contributed by atoms with Crippen molar-refractivity contribution in [3.05, 3.63) is 0 Å². The Morgan fingerprint density at radius 1 is 1.17 bits per heavy atom. The second-order valence-corrected chi connectivity index (χ2v) is 1.65. The summed E-state index contributed by atoms with van der Waals surface area (Å²) >= 11 is 0. The molecular weight excluding hydrogens is 170 g/mol. The minimum absolute atomic E-state index is 0.183. The van der Waals surface area contributed by atoms with Crippen LogP contribution in [0.4, 0.5) is 4.79 Å². The summed E-state index contributed by atoms with van der Waals surface area (Å²) in [7, 11) is 0. The molecule has 0 spiro atoms.